The molecule has 82 valence electrons. The van der Waals surface area contributed by atoms with E-state index in [-0.39, 0.29) is 33.0 Å². The second kappa shape index (κ2) is 6.87. The number of hydrogen-bond donors (Lipinski definition) is 0. The maximum absolute atomic E-state index is 10.7. The number of hydrogen-bond acceptors (Lipinski definition) is 2. The molecule has 0 aliphatic heterocycles. The molecule has 0 aliphatic carbocycles. The number of esters is 1. The van der Waals surface area contributed by atoms with E-state index in [0.29, 0.717) is 0 Å². The summed E-state index contributed by atoms with van der Waals surface area (Å²) in [4.78, 5) is 10.7. The van der Waals surface area contributed by atoms with Gasteiger partial charge in [0.15, 0.2) is 0 Å². The van der Waals surface area contributed by atoms with E-state index in [0.717, 1.165) is 6.42 Å². The van der Waals surface area contributed by atoms with Gasteiger partial charge in [-0.15, -0.1) is 0 Å². The number of carbonyl (C=O) groups excluding carboxylic acids is 1. The van der Waals surface area contributed by atoms with Gasteiger partial charge in [-0.2, -0.15) is 0 Å². The van der Waals surface area contributed by atoms with Gasteiger partial charge in [-0.05, 0) is 0 Å². The molecule has 0 saturated heterocycles. The van der Waals surface area contributed by atoms with Crippen LogP contribution in [0.2, 0.25) is 4.47 Å². The summed E-state index contributed by atoms with van der Waals surface area (Å²) in [5, 5.41) is 0. The zero-order valence-electron chi connectivity index (χ0n) is 9.10. The molecule has 0 bridgehead atoms. The van der Waals surface area contributed by atoms with E-state index in [2.05, 4.69) is 24.3 Å². The molecule has 0 aromatic heterocycles. The van der Waals surface area contributed by atoms with Crippen molar-refractivity contribution in [3.05, 3.63) is 30.3 Å². The maximum atomic E-state index is 10.7. The molecule has 3 heteroatoms. The van der Waals surface area contributed by atoms with Gasteiger partial charge < -0.3 is 0 Å². The Kier molecular flexibility index (Phi) is 5.75. The minimum absolute atomic E-state index is 0.0660. The summed E-state index contributed by atoms with van der Waals surface area (Å²) in [5.74, 6) is -0.178. The van der Waals surface area contributed by atoms with Gasteiger partial charge >= 0.3 is 101 Å². The third-order valence-electron chi connectivity index (χ3n) is 1.90. The van der Waals surface area contributed by atoms with E-state index in [1.54, 1.807) is 0 Å². The van der Waals surface area contributed by atoms with Crippen molar-refractivity contribution in [2.45, 2.75) is 30.8 Å². The Bertz CT molecular complexity index is 298. The van der Waals surface area contributed by atoms with Crippen molar-refractivity contribution in [2.75, 3.05) is 0 Å². The van der Waals surface area contributed by atoms with Crippen molar-refractivity contribution in [1.82, 2.24) is 0 Å². The molecule has 0 spiro atoms. The van der Waals surface area contributed by atoms with E-state index in [1.165, 1.54) is 15.0 Å². The first-order valence-electron chi connectivity index (χ1n) is 5.03. The molecular weight excluding hydrogens is 304 g/mol. The topological polar surface area (TPSA) is 26.3 Å². The average molecular weight is 320 g/mol. The van der Waals surface area contributed by atoms with Crippen LogP contribution in [0, 0.1) is 0 Å². The van der Waals surface area contributed by atoms with Gasteiger partial charge in [-0.25, -0.2) is 0 Å². The SMILES string of the molecule is CC(=O)O[C@H](C)CC[Te]c1ccccc1. The van der Waals surface area contributed by atoms with Crippen LogP contribution in [-0.2, 0) is 9.53 Å². The normalized spacial score (nSPS) is 12.1. The fourth-order valence-electron chi connectivity index (χ4n) is 1.20. The first kappa shape index (κ1) is 12.5. The third-order valence-corrected chi connectivity index (χ3v) is 4.89. The van der Waals surface area contributed by atoms with Gasteiger partial charge in [0.1, 0.15) is 0 Å². The Hall–Kier alpha value is -0.520. The second-order valence-corrected chi connectivity index (χ2v) is 6.70. The summed E-state index contributed by atoms with van der Waals surface area (Å²) in [6.07, 6.45) is 1.05. The van der Waals surface area contributed by atoms with Crippen LogP contribution >= 0.6 is 0 Å². The van der Waals surface area contributed by atoms with E-state index < -0.39 is 0 Å². The van der Waals surface area contributed by atoms with E-state index >= 15 is 0 Å². The number of rotatable bonds is 5. The molecule has 0 N–H and O–H groups in total. The Morgan fingerprint density at radius 1 is 1.40 bits per heavy atom. The third kappa shape index (κ3) is 5.81. The standard InChI is InChI=1S/C12H16O2Te/c1-10(14-11(2)13)8-9-15-12-6-4-3-5-7-12/h3-7,10H,8-9H2,1-2H3/t10-/m1/s1. The van der Waals surface area contributed by atoms with Gasteiger partial charge in [-0.3, -0.25) is 0 Å². The fourth-order valence-corrected chi connectivity index (χ4v) is 4.16. The monoisotopic (exact) mass is 322 g/mol. The summed E-state index contributed by atoms with van der Waals surface area (Å²) in [6, 6.07) is 10.6. The van der Waals surface area contributed by atoms with Crippen LogP contribution in [0.3, 0.4) is 0 Å². The van der Waals surface area contributed by atoms with Crippen molar-refractivity contribution >= 4 is 30.5 Å². The summed E-state index contributed by atoms with van der Waals surface area (Å²) in [7, 11) is 0. The van der Waals surface area contributed by atoms with Gasteiger partial charge in [0.2, 0.25) is 0 Å². The molecule has 1 aromatic carbocycles. The van der Waals surface area contributed by atoms with Crippen molar-refractivity contribution in [1.29, 1.82) is 0 Å². The molecule has 1 atom stereocenters. The van der Waals surface area contributed by atoms with Crippen LogP contribution in [0.5, 0.6) is 0 Å². The fraction of sp³-hybridized carbons (Fsp3) is 0.417. The van der Waals surface area contributed by atoms with Gasteiger partial charge in [0.05, 0.1) is 0 Å². The van der Waals surface area contributed by atoms with Crippen LogP contribution in [0.25, 0.3) is 0 Å². The van der Waals surface area contributed by atoms with Gasteiger partial charge in [0.25, 0.3) is 0 Å². The van der Waals surface area contributed by atoms with Crippen LogP contribution in [0.1, 0.15) is 20.3 Å². The van der Waals surface area contributed by atoms with Gasteiger partial charge in [-0.1, -0.05) is 0 Å². The number of carbonyl (C=O) groups is 1. The molecule has 0 radical (unpaired) electrons. The molecule has 1 aromatic rings. The summed E-state index contributed by atoms with van der Waals surface area (Å²) < 4.78 is 7.72. The van der Waals surface area contributed by atoms with Crippen LogP contribution in [-0.4, -0.2) is 33.0 Å². The average Bonchev–Trinajstić information content (AvgIpc) is 2.18. The van der Waals surface area contributed by atoms with Crippen molar-refractivity contribution in [3.63, 3.8) is 0 Å². The Balaban J connectivity index is 2.19. The van der Waals surface area contributed by atoms with Crippen molar-refractivity contribution < 1.29 is 9.53 Å². The quantitative estimate of drug-likeness (QED) is 0.611. The molecule has 1 rings (SSSR count). The van der Waals surface area contributed by atoms with E-state index in [1.807, 2.05) is 13.0 Å². The van der Waals surface area contributed by atoms with Crippen LogP contribution in [0.15, 0.2) is 30.3 Å². The first-order chi connectivity index (χ1) is 7.18. The molecule has 0 heterocycles. The first-order valence-corrected chi connectivity index (χ1v) is 7.85. The molecule has 0 unspecified atom stereocenters. The zero-order valence-corrected chi connectivity index (χ0v) is 11.4. The summed E-state index contributed by atoms with van der Waals surface area (Å²) >= 11 is -0.101. The van der Waals surface area contributed by atoms with Crippen molar-refractivity contribution in [3.8, 4) is 0 Å². The zero-order chi connectivity index (χ0) is 11.1. The predicted octanol–water partition coefficient (Wildman–Crippen LogP) is 1.78. The molecule has 2 nitrogen and oxygen atoms in total. The Morgan fingerprint density at radius 3 is 2.67 bits per heavy atom. The number of ether oxygens (including phenoxy) is 1. The molecule has 0 saturated carbocycles. The van der Waals surface area contributed by atoms with Crippen LogP contribution in [0.4, 0.5) is 0 Å². The molecule has 15 heavy (non-hydrogen) atoms. The molecule has 0 aliphatic rings. The molecular formula is C12H16O2Te. The molecule has 0 amide bonds. The van der Waals surface area contributed by atoms with Crippen molar-refractivity contribution in [2.24, 2.45) is 0 Å². The number of benzene rings is 1. The Morgan fingerprint density at radius 2 is 2.07 bits per heavy atom. The van der Waals surface area contributed by atoms with E-state index in [4.69, 9.17) is 4.74 Å². The van der Waals surface area contributed by atoms with E-state index in [9.17, 15) is 4.79 Å². The summed E-state index contributed by atoms with van der Waals surface area (Å²) in [5.41, 5.74) is 0. The second-order valence-electron chi connectivity index (χ2n) is 3.37. The van der Waals surface area contributed by atoms with Crippen LogP contribution < -0.4 is 3.61 Å². The Labute approximate surface area is 101 Å². The predicted molar refractivity (Wildman–Crippen MR) is 62.5 cm³/mol. The van der Waals surface area contributed by atoms with Gasteiger partial charge in [0, 0.05) is 0 Å². The summed E-state index contributed by atoms with van der Waals surface area (Å²) in [6.45, 7) is 3.42. The molecule has 0 fully saturated rings. The minimum atomic E-state index is -0.178.